The summed E-state index contributed by atoms with van der Waals surface area (Å²) in [5, 5.41) is 2.64. The fourth-order valence-corrected chi connectivity index (χ4v) is 1.93. The average molecular weight is 278 g/mol. The molecule has 108 valence electrons. The van der Waals surface area contributed by atoms with Gasteiger partial charge in [0.15, 0.2) is 0 Å². The minimum absolute atomic E-state index is 0.114. The lowest BCUT2D eigenvalue weighted by molar-refractivity contribution is -0.136. The molecule has 0 radical (unpaired) electrons. The number of carbonyl (C=O) groups excluding carboxylic acids is 2. The van der Waals surface area contributed by atoms with Crippen molar-refractivity contribution in [1.29, 1.82) is 0 Å². The summed E-state index contributed by atoms with van der Waals surface area (Å²) in [5.74, 6) is -0.504. The number of nitrogen functional groups attached to an aromatic ring is 1. The number of rotatable bonds is 3. The second-order valence-corrected chi connectivity index (χ2v) is 4.61. The smallest absolute Gasteiger partial charge is 0.270 e. The van der Waals surface area contributed by atoms with Crippen LogP contribution in [0.1, 0.15) is 17.4 Å². The second-order valence-electron chi connectivity index (χ2n) is 4.61. The molecule has 1 atom stereocenters. The number of amides is 2. The van der Waals surface area contributed by atoms with Crippen molar-refractivity contribution in [3.05, 3.63) is 24.0 Å². The molecule has 1 aliphatic rings. The van der Waals surface area contributed by atoms with Crippen LogP contribution in [0.15, 0.2) is 18.3 Å². The number of anilines is 1. The molecule has 0 aromatic carbocycles. The minimum atomic E-state index is -0.597. The minimum Gasteiger partial charge on any atom is -0.397 e. The summed E-state index contributed by atoms with van der Waals surface area (Å²) < 4.78 is 5.19. The first-order valence-corrected chi connectivity index (χ1v) is 6.47. The lowest BCUT2D eigenvalue weighted by Gasteiger charge is -2.29. The van der Waals surface area contributed by atoms with Gasteiger partial charge in [0.1, 0.15) is 11.7 Å². The Hall–Kier alpha value is -2.15. The van der Waals surface area contributed by atoms with Gasteiger partial charge in [0, 0.05) is 13.1 Å². The van der Waals surface area contributed by atoms with E-state index in [1.807, 2.05) is 0 Å². The summed E-state index contributed by atoms with van der Waals surface area (Å²) in [6.45, 7) is 3.84. The number of pyridine rings is 1. The van der Waals surface area contributed by atoms with Crippen molar-refractivity contribution in [2.24, 2.45) is 0 Å². The molecule has 1 aliphatic heterocycles. The number of carbonyl (C=O) groups is 2. The third kappa shape index (κ3) is 3.45. The van der Waals surface area contributed by atoms with Crippen LogP contribution in [-0.4, -0.2) is 54.0 Å². The zero-order valence-electron chi connectivity index (χ0n) is 11.3. The van der Waals surface area contributed by atoms with Gasteiger partial charge in [0.2, 0.25) is 5.91 Å². The largest absolute Gasteiger partial charge is 0.397 e. The number of hydrogen-bond acceptors (Lipinski definition) is 5. The molecule has 20 heavy (non-hydrogen) atoms. The maximum atomic E-state index is 12.1. The third-order valence-electron chi connectivity index (χ3n) is 3.06. The predicted molar refractivity (Wildman–Crippen MR) is 73.0 cm³/mol. The van der Waals surface area contributed by atoms with E-state index < -0.39 is 6.04 Å². The first-order chi connectivity index (χ1) is 9.58. The number of nitrogens with one attached hydrogen (secondary N) is 1. The molecule has 1 unspecified atom stereocenters. The van der Waals surface area contributed by atoms with E-state index in [1.165, 1.54) is 12.3 Å². The number of aromatic nitrogens is 1. The highest BCUT2D eigenvalue weighted by molar-refractivity contribution is 5.96. The molecule has 1 aromatic rings. The molecule has 0 saturated carbocycles. The number of nitrogens with zero attached hydrogens (tertiary/aromatic N) is 2. The molecule has 1 fully saturated rings. The standard InChI is InChI=1S/C13H18N4O3/c1-9(13(19)17-4-6-20-7-5-17)16-12(18)11-3-2-10(14)8-15-11/h2-3,8-9H,4-7,14H2,1H3,(H,16,18). The summed E-state index contributed by atoms with van der Waals surface area (Å²) >= 11 is 0. The normalized spacial score (nSPS) is 16.6. The van der Waals surface area contributed by atoms with E-state index in [0.29, 0.717) is 32.0 Å². The Kier molecular flexibility index (Phi) is 4.52. The second kappa shape index (κ2) is 6.33. The molecule has 1 aromatic heterocycles. The van der Waals surface area contributed by atoms with Crippen LogP contribution in [0.2, 0.25) is 0 Å². The summed E-state index contributed by atoms with van der Waals surface area (Å²) in [7, 11) is 0. The number of nitrogens with two attached hydrogens (primary N) is 1. The zero-order valence-corrected chi connectivity index (χ0v) is 11.3. The lowest BCUT2D eigenvalue weighted by atomic mass is 10.2. The molecule has 1 saturated heterocycles. The van der Waals surface area contributed by atoms with E-state index in [0.717, 1.165) is 0 Å². The first kappa shape index (κ1) is 14.3. The van der Waals surface area contributed by atoms with Gasteiger partial charge in [-0.25, -0.2) is 4.98 Å². The molecule has 3 N–H and O–H groups in total. The quantitative estimate of drug-likeness (QED) is 0.787. The third-order valence-corrected chi connectivity index (χ3v) is 3.06. The number of hydrogen-bond donors (Lipinski definition) is 2. The summed E-state index contributed by atoms with van der Waals surface area (Å²) in [4.78, 5) is 29.7. The molecule has 7 heteroatoms. The maximum Gasteiger partial charge on any atom is 0.270 e. The van der Waals surface area contributed by atoms with Crippen molar-refractivity contribution in [1.82, 2.24) is 15.2 Å². The highest BCUT2D eigenvalue weighted by atomic mass is 16.5. The van der Waals surface area contributed by atoms with Gasteiger partial charge in [-0.1, -0.05) is 0 Å². The van der Waals surface area contributed by atoms with Crippen molar-refractivity contribution in [2.45, 2.75) is 13.0 Å². The highest BCUT2D eigenvalue weighted by Crippen LogP contribution is 2.04. The van der Waals surface area contributed by atoms with Crippen LogP contribution >= 0.6 is 0 Å². The van der Waals surface area contributed by atoms with Crippen LogP contribution < -0.4 is 11.1 Å². The molecule has 0 bridgehead atoms. The van der Waals surface area contributed by atoms with Gasteiger partial charge in [0.25, 0.3) is 5.91 Å². The van der Waals surface area contributed by atoms with Crippen LogP contribution in [0.3, 0.4) is 0 Å². The Morgan fingerprint density at radius 3 is 2.70 bits per heavy atom. The molecule has 2 amide bonds. The monoisotopic (exact) mass is 278 g/mol. The van der Waals surface area contributed by atoms with Crippen molar-refractivity contribution in [3.63, 3.8) is 0 Å². The van der Waals surface area contributed by atoms with E-state index in [1.54, 1.807) is 17.9 Å². The van der Waals surface area contributed by atoms with Gasteiger partial charge in [-0.15, -0.1) is 0 Å². The van der Waals surface area contributed by atoms with E-state index in [4.69, 9.17) is 10.5 Å². The van der Waals surface area contributed by atoms with Gasteiger partial charge in [-0.05, 0) is 19.1 Å². The summed E-state index contributed by atoms with van der Waals surface area (Å²) in [5.41, 5.74) is 6.23. The maximum absolute atomic E-state index is 12.1. The first-order valence-electron chi connectivity index (χ1n) is 6.47. The van der Waals surface area contributed by atoms with Gasteiger partial charge >= 0.3 is 0 Å². The van der Waals surface area contributed by atoms with Gasteiger partial charge in [0.05, 0.1) is 25.1 Å². The van der Waals surface area contributed by atoms with E-state index in [-0.39, 0.29) is 17.5 Å². The van der Waals surface area contributed by atoms with Crippen molar-refractivity contribution < 1.29 is 14.3 Å². The number of morpholine rings is 1. The predicted octanol–water partition coefficient (Wildman–Crippen LogP) is -0.359. The van der Waals surface area contributed by atoms with Crippen LogP contribution in [0.5, 0.6) is 0 Å². The molecule has 2 rings (SSSR count). The van der Waals surface area contributed by atoms with E-state index in [9.17, 15) is 9.59 Å². The van der Waals surface area contributed by atoms with Crippen molar-refractivity contribution in [3.8, 4) is 0 Å². The topological polar surface area (TPSA) is 97.6 Å². The molecule has 0 spiro atoms. The molecular weight excluding hydrogens is 260 g/mol. The van der Waals surface area contributed by atoms with Crippen LogP contribution in [-0.2, 0) is 9.53 Å². The van der Waals surface area contributed by atoms with Crippen LogP contribution in [0.4, 0.5) is 5.69 Å². The van der Waals surface area contributed by atoms with Crippen molar-refractivity contribution >= 4 is 17.5 Å². The fourth-order valence-electron chi connectivity index (χ4n) is 1.93. The Bertz CT molecular complexity index is 483. The highest BCUT2D eigenvalue weighted by Gasteiger charge is 2.24. The Labute approximate surface area is 117 Å². The van der Waals surface area contributed by atoms with Crippen LogP contribution in [0, 0.1) is 0 Å². The molecular formula is C13H18N4O3. The van der Waals surface area contributed by atoms with Crippen LogP contribution in [0.25, 0.3) is 0 Å². The fraction of sp³-hybridized carbons (Fsp3) is 0.462. The summed E-state index contributed by atoms with van der Waals surface area (Å²) in [6, 6.07) is 2.52. The SMILES string of the molecule is CC(NC(=O)c1ccc(N)cn1)C(=O)N1CCOCC1. The molecule has 7 nitrogen and oxygen atoms in total. The van der Waals surface area contributed by atoms with Gasteiger partial charge < -0.3 is 20.7 Å². The Balaban J connectivity index is 1.92. The Morgan fingerprint density at radius 2 is 2.10 bits per heavy atom. The number of ether oxygens (including phenoxy) is 1. The summed E-state index contributed by atoms with van der Waals surface area (Å²) in [6.07, 6.45) is 1.41. The van der Waals surface area contributed by atoms with Gasteiger partial charge in [-0.3, -0.25) is 9.59 Å². The zero-order chi connectivity index (χ0) is 14.5. The van der Waals surface area contributed by atoms with E-state index >= 15 is 0 Å². The average Bonchev–Trinajstić information content (AvgIpc) is 2.48. The molecule has 0 aliphatic carbocycles. The van der Waals surface area contributed by atoms with E-state index in [2.05, 4.69) is 10.3 Å². The Morgan fingerprint density at radius 1 is 1.40 bits per heavy atom. The van der Waals surface area contributed by atoms with Gasteiger partial charge in [-0.2, -0.15) is 0 Å². The lowest BCUT2D eigenvalue weighted by Crippen LogP contribution is -2.50. The molecule has 2 heterocycles. The van der Waals surface area contributed by atoms with Crippen molar-refractivity contribution in [2.75, 3.05) is 32.0 Å².